The molecule has 0 saturated carbocycles. The predicted molar refractivity (Wildman–Crippen MR) is 257 cm³/mol. The molecular formula is C52H90O15. The van der Waals surface area contributed by atoms with Crippen molar-refractivity contribution in [3.63, 3.8) is 0 Å². The predicted octanol–water partition coefficient (Wildman–Crippen LogP) is 7.10. The topological polar surface area (TPSA) is 231 Å². The highest BCUT2D eigenvalue weighted by Crippen LogP contribution is 2.26. The molecule has 388 valence electrons. The molecule has 11 unspecified atom stereocenters. The normalized spacial score (nSPS) is 26.3. The van der Waals surface area contributed by atoms with Crippen molar-refractivity contribution in [3.8, 4) is 0 Å². The van der Waals surface area contributed by atoms with Crippen LogP contribution in [0.15, 0.2) is 48.6 Å². The Labute approximate surface area is 401 Å². The molecule has 7 N–H and O–H groups in total. The number of carbonyl (C=O) groups excluding carboxylic acids is 2. The molecular weight excluding hydrogens is 865 g/mol. The molecule has 0 aromatic rings. The van der Waals surface area contributed by atoms with Crippen molar-refractivity contribution in [1.82, 2.24) is 0 Å². The van der Waals surface area contributed by atoms with Crippen molar-refractivity contribution in [2.24, 2.45) is 0 Å². The van der Waals surface area contributed by atoms with Gasteiger partial charge in [0.05, 0.1) is 19.8 Å². The van der Waals surface area contributed by atoms with Gasteiger partial charge in [-0.3, -0.25) is 9.59 Å². The Hall–Kier alpha value is -2.54. The third-order valence-corrected chi connectivity index (χ3v) is 12.1. The lowest BCUT2D eigenvalue weighted by molar-refractivity contribution is -0.332. The highest BCUT2D eigenvalue weighted by atomic mass is 16.7. The molecule has 2 saturated heterocycles. The number of aliphatic hydroxyl groups is 7. The van der Waals surface area contributed by atoms with Crippen molar-refractivity contribution in [1.29, 1.82) is 0 Å². The van der Waals surface area contributed by atoms with Crippen molar-refractivity contribution < 1.29 is 73.8 Å². The molecule has 2 fully saturated rings. The van der Waals surface area contributed by atoms with Crippen LogP contribution in [0.3, 0.4) is 0 Å². The lowest BCUT2D eigenvalue weighted by atomic mass is 9.98. The van der Waals surface area contributed by atoms with Crippen LogP contribution in [0.5, 0.6) is 0 Å². The summed E-state index contributed by atoms with van der Waals surface area (Å²) in [5, 5.41) is 72.0. The third kappa shape index (κ3) is 27.4. The molecule has 11 atom stereocenters. The van der Waals surface area contributed by atoms with E-state index in [1.54, 1.807) is 0 Å². The summed E-state index contributed by atoms with van der Waals surface area (Å²) in [5.74, 6) is -1.02. The lowest BCUT2D eigenvalue weighted by Gasteiger charge is -2.42. The van der Waals surface area contributed by atoms with Gasteiger partial charge in [0.2, 0.25) is 0 Å². The van der Waals surface area contributed by atoms with Gasteiger partial charge in [-0.2, -0.15) is 0 Å². The van der Waals surface area contributed by atoms with Crippen LogP contribution in [0, 0.1) is 0 Å². The smallest absolute Gasteiger partial charge is 0.306 e. The summed E-state index contributed by atoms with van der Waals surface area (Å²) < 4.78 is 33.5. The Morgan fingerprint density at radius 2 is 0.940 bits per heavy atom. The number of ether oxygens (including phenoxy) is 6. The lowest BCUT2D eigenvalue weighted by Crippen LogP contribution is -2.61. The maximum absolute atomic E-state index is 12.9. The number of unbranched alkanes of at least 4 members (excludes halogenated alkanes) is 17. The summed E-state index contributed by atoms with van der Waals surface area (Å²) in [4.78, 5) is 25.7. The Bertz CT molecular complexity index is 1350. The molecule has 2 aliphatic heterocycles. The average Bonchev–Trinajstić information content (AvgIpc) is 3.32. The van der Waals surface area contributed by atoms with Crippen molar-refractivity contribution in [2.45, 2.75) is 242 Å². The Balaban J connectivity index is 1.81. The second-order valence-corrected chi connectivity index (χ2v) is 18.0. The fourth-order valence-electron chi connectivity index (χ4n) is 7.88. The molecule has 0 amide bonds. The molecule has 2 aliphatic rings. The average molecular weight is 955 g/mol. The Morgan fingerprint density at radius 3 is 1.45 bits per heavy atom. The molecule has 2 rings (SSSR count). The molecule has 0 bridgehead atoms. The van der Waals surface area contributed by atoms with E-state index in [2.05, 4.69) is 44.2 Å². The van der Waals surface area contributed by atoms with E-state index in [4.69, 9.17) is 28.4 Å². The fourth-order valence-corrected chi connectivity index (χ4v) is 7.88. The zero-order chi connectivity index (χ0) is 48.9. The molecule has 0 spiro atoms. The van der Waals surface area contributed by atoms with E-state index in [-0.39, 0.29) is 19.4 Å². The van der Waals surface area contributed by atoms with Gasteiger partial charge in [-0.1, -0.05) is 172 Å². The summed E-state index contributed by atoms with van der Waals surface area (Å²) in [7, 11) is 0. The number of rotatable bonds is 39. The minimum absolute atomic E-state index is 0.0445. The molecule has 0 aromatic heterocycles. The number of hydrogen-bond acceptors (Lipinski definition) is 15. The molecule has 67 heavy (non-hydrogen) atoms. The first kappa shape index (κ1) is 60.6. The second kappa shape index (κ2) is 39.2. The summed E-state index contributed by atoms with van der Waals surface area (Å²) in [6.07, 6.45) is 25.9. The van der Waals surface area contributed by atoms with Crippen LogP contribution in [0.2, 0.25) is 0 Å². The SMILES string of the molecule is CC/C=C\C/C=C\C/C=C\C/C=C\CCC(=O)OC(COC(=O)CCCCCCCCCCCCCCCCCCCC)COC1OC(COC2OC(CO)C(O)C(O)C2O)C(O)C(O)C1O. The van der Waals surface area contributed by atoms with E-state index in [9.17, 15) is 45.3 Å². The van der Waals surface area contributed by atoms with Gasteiger partial charge in [0, 0.05) is 12.8 Å². The van der Waals surface area contributed by atoms with Gasteiger partial charge < -0.3 is 64.2 Å². The van der Waals surface area contributed by atoms with E-state index < -0.39 is 99.3 Å². The van der Waals surface area contributed by atoms with E-state index >= 15 is 0 Å². The van der Waals surface area contributed by atoms with Crippen LogP contribution in [0.1, 0.15) is 174 Å². The largest absolute Gasteiger partial charge is 0.462 e. The number of hydrogen-bond donors (Lipinski definition) is 7. The van der Waals surface area contributed by atoms with Gasteiger partial charge >= 0.3 is 11.9 Å². The summed E-state index contributed by atoms with van der Waals surface area (Å²) in [6.45, 7) is 2.40. The standard InChI is InChI=1S/C52H90O15/c1-3-5-7-9-11-13-15-17-18-19-20-21-23-24-26-28-30-32-34-43(54)62-37-40(65-44(55)35-33-31-29-27-25-22-16-14-12-10-8-6-4-2)38-63-51-50(61)48(59)46(57)42(67-51)39-64-52-49(60)47(58)45(56)41(36-53)66-52/h6,8,12,14,22,25,29,31,40-42,45-53,56-61H,3-5,7,9-11,13,15-21,23-24,26-28,30,32-39H2,1-2H3/b8-6-,14-12-,25-22-,31-29-. The second-order valence-electron chi connectivity index (χ2n) is 18.0. The zero-order valence-electron chi connectivity index (χ0n) is 40.9. The molecule has 0 radical (unpaired) electrons. The highest BCUT2D eigenvalue weighted by molar-refractivity contribution is 5.70. The third-order valence-electron chi connectivity index (χ3n) is 12.1. The number of aliphatic hydroxyl groups excluding tert-OH is 7. The van der Waals surface area contributed by atoms with Gasteiger partial charge in [-0.25, -0.2) is 0 Å². The first-order valence-electron chi connectivity index (χ1n) is 25.7. The first-order chi connectivity index (χ1) is 32.5. The minimum Gasteiger partial charge on any atom is -0.462 e. The molecule has 2 heterocycles. The maximum Gasteiger partial charge on any atom is 0.306 e. The minimum atomic E-state index is -1.78. The van der Waals surface area contributed by atoms with Crippen LogP contribution in [-0.2, 0) is 38.0 Å². The van der Waals surface area contributed by atoms with Crippen molar-refractivity contribution >= 4 is 11.9 Å². The Kier molecular flexibility index (Phi) is 35.5. The van der Waals surface area contributed by atoms with E-state index in [0.717, 1.165) is 38.5 Å². The number of carbonyl (C=O) groups is 2. The monoisotopic (exact) mass is 955 g/mol. The van der Waals surface area contributed by atoms with Gasteiger partial charge in [-0.05, 0) is 38.5 Å². The van der Waals surface area contributed by atoms with Crippen LogP contribution >= 0.6 is 0 Å². The van der Waals surface area contributed by atoms with Crippen LogP contribution in [-0.4, -0.2) is 142 Å². The highest BCUT2D eigenvalue weighted by Gasteiger charge is 2.47. The number of allylic oxidation sites excluding steroid dienone is 8. The van der Waals surface area contributed by atoms with Crippen LogP contribution < -0.4 is 0 Å². The molecule has 15 nitrogen and oxygen atoms in total. The number of esters is 2. The van der Waals surface area contributed by atoms with E-state index in [1.165, 1.54) is 89.9 Å². The summed E-state index contributed by atoms with van der Waals surface area (Å²) >= 11 is 0. The summed E-state index contributed by atoms with van der Waals surface area (Å²) in [5.41, 5.74) is 0. The van der Waals surface area contributed by atoms with E-state index in [0.29, 0.717) is 19.3 Å². The Morgan fingerprint density at radius 1 is 0.493 bits per heavy atom. The van der Waals surface area contributed by atoms with Gasteiger partial charge in [-0.15, -0.1) is 0 Å². The zero-order valence-corrected chi connectivity index (χ0v) is 40.9. The van der Waals surface area contributed by atoms with Gasteiger partial charge in [0.1, 0.15) is 55.4 Å². The van der Waals surface area contributed by atoms with Crippen LogP contribution in [0.25, 0.3) is 0 Å². The molecule has 0 aliphatic carbocycles. The quantitative estimate of drug-likeness (QED) is 0.0185. The van der Waals surface area contributed by atoms with Crippen LogP contribution in [0.4, 0.5) is 0 Å². The van der Waals surface area contributed by atoms with Gasteiger partial charge in [0.25, 0.3) is 0 Å². The maximum atomic E-state index is 12.9. The van der Waals surface area contributed by atoms with E-state index in [1.807, 2.05) is 18.2 Å². The first-order valence-corrected chi connectivity index (χ1v) is 25.7. The van der Waals surface area contributed by atoms with Crippen molar-refractivity contribution in [2.75, 3.05) is 26.4 Å². The molecule has 0 aromatic carbocycles. The fraction of sp³-hybridized carbons (Fsp3) is 0.808. The summed E-state index contributed by atoms with van der Waals surface area (Å²) in [6, 6.07) is 0. The van der Waals surface area contributed by atoms with Gasteiger partial charge in [0.15, 0.2) is 18.7 Å². The van der Waals surface area contributed by atoms with Crippen molar-refractivity contribution in [3.05, 3.63) is 48.6 Å². The molecule has 15 heteroatoms.